The first-order chi connectivity index (χ1) is 9.99. The Labute approximate surface area is 121 Å². The third kappa shape index (κ3) is 3.44. The molecule has 21 heavy (non-hydrogen) atoms. The molecule has 1 heterocycles. The van der Waals surface area contributed by atoms with Crippen LogP contribution in [0.4, 0.5) is 5.69 Å². The van der Waals surface area contributed by atoms with Gasteiger partial charge in [0.2, 0.25) is 5.91 Å². The highest BCUT2D eigenvalue weighted by Crippen LogP contribution is 2.17. The summed E-state index contributed by atoms with van der Waals surface area (Å²) < 4.78 is 1.33. The van der Waals surface area contributed by atoms with Crippen LogP contribution in [0.1, 0.15) is 35.9 Å². The van der Waals surface area contributed by atoms with Crippen molar-refractivity contribution in [1.82, 2.24) is 15.0 Å². The Morgan fingerprint density at radius 1 is 1.29 bits per heavy atom. The fourth-order valence-electron chi connectivity index (χ4n) is 2.02. The number of carboxylic acids is 1. The van der Waals surface area contributed by atoms with E-state index < -0.39 is 5.97 Å². The lowest BCUT2D eigenvalue weighted by atomic mass is 10.1. The van der Waals surface area contributed by atoms with E-state index in [1.54, 1.807) is 12.1 Å². The average Bonchev–Trinajstić information content (AvgIpc) is 2.83. The third-order valence-corrected chi connectivity index (χ3v) is 2.87. The van der Waals surface area contributed by atoms with Crippen molar-refractivity contribution in [1.29, 1.82) is 0 Å². The van der Waals surface area contributed by atoms with Crippen LogP contribution in [-0.4, -0.2) is 32.0 Å². The molecule has 1 aromatic heterocycles. The number of amides is 1. The SMILES string of the molecule is CC(C)c1c(C(=O)O)nnn1CC(=O)Nc1ccccc1. The molecule has 7 nitrogen and oxygen atoms in total. The summed E-state index contributed by atoms with van der Waals surface area (Å²) in [4.78, 5) is 23.1. The zero-order valence-electron chi connectivity index (χ0n) is 11.8. The summed E-state index contributed by atoms with van der Waals surface area (Å²) in [5.74, 6) is -1.53. The molecule has 0 aliphatic carbocycles. The number of hydrogen-bond acceptors (Lipinski definition) is 4. The van der Waals surface area contributed by atoms with Crippen LogP contribution in [0.25, 0.3) is 0 Å². The Morgan fingerprint density at radius 2 is 1.95 bits per heavy atom. The van der Waals surface area contributed by atoms with Crippen molar-refractivity contribution in [2.45, 2.75) is 26.3 Å². The number of aromatic carboxylic acids is 1. The monoisotopic (exact) mass is 288 g/mol. The van der Waals surface area contributed by atoms with E-state index in [1.165, 1.54) is 4.68 Å². The molecule has 110 valence electrons. The summed E-state index contributed by atoms with van der Waals surface area (Å²) in [5.41, 5.74) is 0.996. The summed E-state index contributed by atoms with van der Waals surface area (Å²) in [6.07, 6.45) is 0. The van der Waals surface area contributed by atoms with E-state index in [-0.39, 0.29) is 24.1 Å². The van der Waals surface area contributed by atoms with Gasteiger partial charge in [0.25, 0.3) is 0 Å². The number of anilines is 1. The molecule has 0 aliphatic heterocycles. The van der Waals surface area contributed by atoms with E-state index in [4.69, 9.17) is 5.11 Å². The van der Waals surface area contributed by atoms with Crippen molar-refractivity contribution in [3.8, 4) is 0 Å². The highest BCUT2D eigenvalue weighted by Gasteiger charge is 2.22. The van der Waals surface area contributed by atoms with Crippen molar-refractivity contribution in [3.63, 3.8) is 0 Å². The van der Waals surface area contributed by atoms with E-state index >= 15 is 0 Å². The maximum Gasteiger partial charge on any atom is 0.358 e. The molecule has 0 unspecified atom stereocenters. The minimum Gasteiger partial charge on any atom is -0.476 e. The number of para-hydroxylation sites is 1. The van der Waals surface area contributed by atoms with E-state index in [0.29, 0.717) is 11.4 Å². The Bertz CT molecular complexity index is 649. The number of rotatable bonds is 5. The molecule has 2 N–H and O–H groups in total. The molecule has 0 bridgehead atoms. The summed E-state index contributed by atoms with van der Waals surface area (Å²) in [5, 5.41) is 19.2. The van der Waals surface area contributed by atoms with Crippen molar-refractivity contribution in [3.05, 3.63) is 41.7 Å². The predicted octanol–water partition coefficient (Wildman–Crippen LogP) is 1.74. The molecule has 1 aromatic carbocycles. The predicted molar refractivity (Wildman–Crippen MR) is 76.1 cm³/mol. The molecule has 0 fully saturated rings. The van der Waals surface area contributed by atoms with E-state index in [9.17, 15) is 9.59 Å². The summed E-state index contributed by atoms with van der Waals surface area (Å²) in [6.45, 7) is 3.58. The quantitative estimate of drug-likeness (QED) is 0.873. The van der Waals surface area contributed by atoms with Gasteiger partial charge in [-0.25, -0.2) is 9.48 Å². The number of carbonyl (C=O) groups is 2. The lowest BCUT2D eigenvalue weighted by molar-refractivity contribution is -0.117. The fraction of sp³-hybridized carbons (Fsp3) is 0.286. The highest BCUT2D eigenvalue weighted by molar-refractivity contribution is 5.91. The second-order valence-corrected chi connectivity index (χ2v) is 4.85. The van der Waals surface area contributed by atoms with Crippen LogP contribution < -0.4 is 5.32 Å². The molecule has 0 aliphatic rings. The minimum absolute atomic E-state index is 0.0807. The maximum atomic E-state index is 12.0. The number of benzene rings is 1. The van der Waals surface area contributed by atoms with Crippen LogP contribution in [0, 0.1) is 0 Å². The number of hydrogen-bond donors (Lipinski definition) is 2. The molecule has 1 amide bonds. The first-order valence-corrected chi connectivity index (χ1v) is 6.50. The van der Waals surface area contributed by atoms with Gasteiger partial charge in [-0.05, 0) is 18.1 Å². The van der Waals surface area contributed by atoms with Gasteiger partial charge >= 0.3 is 5.97 Å². The van der Waals surface area contributed by atoms with Crippen molar-refractivity contribution < 1.29 is 14.7 Å². The molecular formula is C14H16N4O3. The van der Waals surface area contributed by atoms with Crippen molar-refractivity contribution in [2.24, 2.45) is 0 Å². The second-order valence-electron chi connectivity index (χ2n) is 4.85. The normalized spacial score (nSPS) is 10.6. The molecule has 2 rings (SSSR count). The van der Waals surface area contributed by atoms with E-state index in [1.807, 2.05) is 32.0 Å². The molecule has 0 saturated carbocycles. The van der Waals surface area contributed by atoms with Gasteiger partial charge in [-0.2, -0.15) is 0 Å². The minimum atomic E-state index is -1.14. The smallest absolute Gasteiger partial charge is 0.358 e. The number of nitrogens with zero attached hydrogens (tertiary/aromatic N) is 3. The topological polar surface area (TPSA) is 97.1 Å². The van der Waals surface area contributed by atoms with Gasteiger partial charge in [-0.15, -0.1) is 5.10 Å². The largest absolute Gasteiger partial charge is 0.476 e. The Hall–Kier alpha value is -2.70. The number of carboxylic acid groups (broad SMARTS) is 1. The number of carbonyl (C=O) groups excluding carboxylic acids is 1. The van der Waals surface area contributed by atoms with Gasteiger partial charge in [0.1, 0.15) is 6.54 Å². The summed E-state index contributed by atoms with van der Waals surface area (Å²) in [7, 11) is 0. The number of nitrogens with one attached hydrogen (secondary N) is 1. The first kappa shape index (κ1) is 14.7. The van der Waals surface area contributed by atoms with Gasteiger partial charge in [-0.1, -0.05) is 37.3 Å². The number of aromatic nitrogens is 3. The van der Waals surface area contributed by atoms with Crippen molar-refractivity contribution in [2.75, 3.05) is 5.32 Å². The Morgan fingerprint density at radius 3 is 2.52 bits per heavy atom. The highest BCUT2D eigenvalue weighted by atomic mass is 16.4. The molecule has 0 atom stereocenters. The molecule has 0 saturated heterocycles. The third-order valence-electron chi connectivity index (χ3n) is 2.87. The van der Waals surface area contributed by atoms with Crippen LogP contribution in [0.15, 0.2) is 30.3 Å². The fourth-order valence-corrected chi connectivity index (χ4v) is 2.02. The zero-order chi connectivity index (χ0) is 15.4. The molecule has 2 aromatic rings. The second kappa shape index (κ2) is 6.17. The van der Waals surface area contributed by atoms with Crippen LogP contribution in [0.5, 0.6) is 0 Å². The molecular weight excluding hydrogens is 272 g/mol. The van der Waals surface area contributed by atoms with Crippen molar-refractivity contribution >= 4 is 17.6 Å². The summed E-state index contributed by atoms with van der Waals surface area (Å²) in [6, 6.07) is 9.01. The van der Waals surface area contributed by atoms with E-state index in [2.05, 4.69) is 15.6 Å². The van der Waals surface area contributed by atoms with Gasteiger partial charge in [0, 0.05) is 5.69 Å². The average molecular weight is 288 g/mol. The van der Waals surface area contributed by atoms with Gasteiger partial charge in [0.15, 0.2) is 5.69 Å². The Kier molecular flexibility index (Phi) is 4.32. The lowest BCUT2D eigenvalue weighted by Crippen LogP contribution is -2.21. The Balaban J connectivity index is 2.16. The molecule has 0 spiro atoms. The van der Waals surface area contributed by atoms with Crippen LogP contribution in [0.2, 0.25) is 0 Å². The van der Waals surface area contributed by atoms with E-state index in [0.717, 1.165) is 0 Å². The van der Waals surface area contributed by atoms with Crippen LogP contribution >= 0.6 is 0 Å². The maximum absolute atomic E-state index is 12.0. The summed E-state index contributed by atoms with van der Waals surface area (Å²) >= 11 is 0. The molecule has 0 radical (unpaired) electrons. The lowest BCUT2D eigenvalue weighted by Gasteiger charge is -2.10. The van der Waals surface area contributed by atoms with Gasteiger partial charge in [0.05, 0.1) is 5.69 Å². The van der Waals surface area contributed by atoms with Crippen LogP contribution in [-0.2, 0) is 11.3 Å². The molecule has 7 heteroatoms. The van der Waals surface area contributed by atoms with Gasteiger partial charge < -0.3 is 10.4 Å². The van der Waals surface area contributed by atoms with Crippen LogP contribution in [0.3, 0.4) is 0 Å². The zero-order valence-corrected chi connectivity index (χ0v) is 11.8. The van der Waals surface area contributed by atoms with Gasteiger partial charge in [-0.3, -0.25) is 4.79 Å². The standard InChI is InChI=1S/C14H16N4O3/c1-9(2)13-12(14(20)21)16-17-18(13)8-11(19)15-10-6-4-3-5-7-10/h3-7,9H,8H2,1-2H3,(H,15,19)(H,20,21). The first-order valence-electron chi connectivity index (χ1n) is 6.50.